The summed E-state index contributed by atoms with van der Waals surface area (Å²) in [5, 5.41) is 0. The van der Waals surface area contributed by atoms with Crippen molar-refractivity contribution < 1.29 is 13.2 Å². The number of nitrogens with one attached hydrogen (secondary N) is 1. The van der Waals surface area contributed by atoms with Crippen LogP contribution in [0, 0.1) is 5.92 Å². The normalized spacial score (nSPS) is 27.2. The van der Waals surface area contributed by atoms with Crippen LogP contribution in [0.5, 0.6) is 0 Å². The van der Waals surface area contributed by atoms with Crippen LogP contribution in [0.3, 0.4) is 0 Å². The van der Waals surface area contributed by atoms with Gasteiger partial charge >= 0.3 is 0 Å². The van der Waals surface area contributed by atoms with Crippen molar-refractivity contribution >= 4 is 21.8 Å². The van der Waals surface area contributed by atoms with Gasteiger partial charge in [0.25, 0.3) is 0 Å². The van der Waals surface area contributed by atoms with E-state index in [1.54, 1.807) is 0 Å². The van der Waals surface area contributed by atoms with Gasteiger partial charge in [0, 0.05) is 18.7 Å². The lowest BCUT2D eigenvalue weighted by molar-refractivity contribution is -0.122. The van der Waals surface area contributed by atoms with Crippen LogP contribution in [0.4, 0.5) is 0 Å². The van der Waals surface area contributed by atoms with Crippen molar-refractivity contribution in [2.75, 3.05) is 12.8 Å². The Labute approximate surface area is 113 Å². The lowest BCUT2D eigenvalue weighted by Crippen LogP contribution is -2.37. The number of allylic oxidation sites excluding steroid dienone is 1. The Kier molecular flexibility index (Phi) is 3.42. The molecule has 0 radical (unpaired) electrons. The number of carbonyl (C=O) groups excluding carboxylic acids is 1. The molecule has 0 saturated carbocycles. The first-order valence-corrected chi connectivity index (χ1v) is 8.11. The molecule has 0 aliphatic carbocycles. The van der Waals surface area contributed by atoms with Crippen molar-refractivity contribution in [1.82, 2.24) is 9.62 Å². The maximum atomic E-state index is 11.9. The molecule has 1 fully saturated rings. The van der Waals surface area contributed by atoms with Gasteiger partial charge in [-0.1, -0.05) is 0 Å². The Morgan fingerprint density at radius 2 is 2.05 bits per heavy atom. The number of sulfonamides is 1. The molecule has 0 aromatic rings. The number of aliphatic imine (C=N–C) groups is 1. The quantitative estimate of drug-likeness (QED) is 0.800. The van der Waals surface area contributed by atoms with E-state index in [-0.39, 0.29) is 12.0 Å². The van der Waals surface area contributed by atoms with Crippen LogP contribution in [-0.4, -0.2) is 43.9 Å². The Bertz CT molecular complexity index is 577. The number of amides is 1. The highest BCUT2D eigenvalue weighted by atomic mass is 32.2. The van der Waals surface area contributed by atoms with Crippen LogP contribution in [-0.2, 0) is 14.8 Å². The predicted molar refractivity (Wildman–Crippen MR) is 73.1 cm³/mol. The molecule has 1 saturated heterocycles. The molecule has 0 aromatic carbocycles. The summed E-state index contributed by atoms with van der Waals surface area (Å²) in [6.07, 6.45) is 1.57. The number of hydrogen-bond donors (Lipinski definition) is 1. The van der Waals surface area contributed by atoms with Crippen molar-refractivity contribution in [1.29, 1.82) is 0 Å². The van der Waals surface area contributed by atoms with E-state index in [9.17, 15) is 13.2 Å². The highest BCUT2D eigenvalue weighted by molar-refractivity contribution is 7.89. The summed E-state index contributed by atoms with van der Waals surface area (Å²) >= 11 is 0. The number of amidine groups is 1. The molecule has 2 heterocycles. The maximum Gasteiger partial charge on any atom is 0.238 e. The summed E-state index contributed by atoms with van der Waals surface area (Å²) in [4.78, 5) is 18.4. The Hall–Kier alpha value is -1.37. The van der Waals surface area contributed by atoms with E-state index in [4.69, 9.17) is 0 Å². The highest BCUT2D eigenvalue weighted by Crippen LogP contribution is 2.34. The second-order valence-electron chi connectivity index (χ2n) is 5.23. The second kappa shape index (κ2) is 4.63. The molecule has 2 aliphatic rings. The largest absolute Gasteiger partial charge is 0.333 e. The SMILES string of the molecule is CC1=N[C@@H](C)C(C)=C2C[C@@H](C(=O)NS(C)(=O)=O)CN12. The summed E-state index contributed by atoms with van der Waals surface area (Å²) in [7, 11) is -3.50. The topological polar surface area (TPSA) is 78.8 Å². The third-order valence-electron chi connectivity index (χ3n) is 3.68. The fourth-order valence-corrected chi connectivity index (χ4v) is 3.10. The number of rotatable bonds is 2. The van der Waals surface area contributed by atoms with Gasteiger partial charge in [-0.2, -0.15) is 0 Å². The maximum absolute atomic E-state index is 11.9. The second-order valence-corrected chi connectivity index (χ2v) is 6.98. The Balaban J connectivity index is 2.20. The van der Waals surface area contributed by atoms with Crippen LogP contribution < -0.4 is 4.72 Å². The summed E-state index contributed by atoms with van der Waals surface area (Å²) in [6.45, 7) is 6.45. The predicted octanol–water partition coefficient (Wildman–Crippen LogP) is 0.479. The van der Waals surface area contributed by atoms with Gasteiger partial charge in [0.2, 0.25) is 15.9 Å². The zero-order chi connectivity index (χ0) is 14.4. The first-order valence-electron chi connectivity index (χ1n) is 6.22. The zero-order valence-electron chi connectivity index (χ0n) is 11.6. The lowest BCUT2D eigenvalue weighted by atomic mass is 10.0. The average Bonchev–Trinajstić information content (AvgIpc) is 2.69. The molecule has 2 atom stereocenters. The van der Waals surface area contributed by atoms with Crippen molar-refractivity contribution in [2.24, 2.45) is 10.9 Å². The van der Waals surface area contributed by atoms with Gasteiger partial charge in [-0.25, -0.2) is 8.42 Å². The molecule has 0 bridgehead atoms. The molecule has 7 heteroatoms. The van der Waals surface area contributed by atoms with Gasteiger partial charge in [-0.05, 0) is 26.3 Å². The van der Waals surface area contributed by atoms with Crippen molar-refractivity contribution in [3.8, 4) is 0 Å². The van der Waals surface area contributed by atoms with Gasteiger partial charge < -0.3 is 4.90 Å². The number of hydrogen-bond acceptors (Lipinski definition) is 5. The van der Waals surface area contributed by atoms with Gasteiger partial charge in [-0.3, -0.25) is 14.5 Å². The molecule has 1 amide bonds. The van der Waals surface area contributed by atoms with Crippen molar-refractivity contribution in [3.63, 3.8) is 0 Å². The third-order valence-corrected chi connectivity index (χ3v) is 4.25. The van der Waals surface area contributed by atoms with Crippen LogP contribution >= 0.6 is 0 Å². The Morgan fingerprint density at radius 1 is 1.42 bits per heavy atom. The van der Waals surface area contributed by atoms with E-state index in [1.165, 1.54) is 0 Å². The molecule has 0 spiro atoms. The van der Waals surface area contributed by atoms with Crippen LogP contribution in [0.25, 0.3) is 0 Å². The number of fused-ring (bicyclic) bond motifs is 1. The molecule has 2 rings (SSSR count). The van der Waals surface area contributed by atoms with Gasteiger partial charge in [-0.15, -0.1) is 0 Å². The lowest BCUT2D eigenvalue weighted by Gasteiger charge is -2.28. The van der Waals surface area contributed by atoms with E-state index in [1.807, 2.05) is 25.7 Å². The smallest absolute Gasteiger partial charge is 0.238 e. The van der Waals surface area contributed by atoms with Crippen LogP contribution in [0.2, 0.25) is 0 Å². The molecule has 1 N–H and O–H groups in total. The summed E-state index contributed by atoms with van der Waals surface area (Å²) in [5.74, 6) is 0.121. The van der Waals surface area contributed by atoms with Crippen molar-refractivity contribution in [3.05, 3.63) is 11.3 Å². The molecular formula is C12H19N3O3S. The van der Waals surface area contributed by atoms with E-state index >= 15 is 0 Å². The molecule has 106 valence electrons. The van der Waals surface area contributed by atoms with E-state index in [0.717, 1.165) is 23.4 Å². The van der Waals surface area contributed by atoms with E-state index < -0.39 is 15.9 Å². The summed E-state index contributed by atoms with van der Waals surface area (Å²) < 4.78 is 24.3. The fourth-order valence-electron chi connectivity index (χ4n) is 2.57. The first-order chi connectivity index (χ1) is 8.69. The summed E-state index contributed by atoms with van der Waals surface area (Å²) in [6, 6.07) is 0.128. The van der Waals surface area contributed by atoms with Gasteiger partial charge in [0.1, 0.15) is 5.84 Å². The minimum absolute atomic E-state index is 0.128. The number of carbonyl (C=O) groups is 1. The van der Waals surface area contributed by atoms with Crippen LogP contribution in [0.1, 0.15) is 27.2 Å². The van der Waals surface area contributed by atoms with E-state index in [0.29, 0.717) is 13.0 Å². The van der Waals surface area contributed by atoms with Gasteiger partial charge in [0.15, 0.2) is 0 Å². The fraction of sp³-hybridized carbons (Fsp3) is 0.667. The molecule has 0 unspecified atom stereocenters. The average molecular weight is 285 g/mol. The van der Waals surface area contributed by atoms with Crippen LogP contribution in [0.15, 0.2) is 16.3 Å². The standard InChI is InChI=1S/C12H19N3O3S/c1-7-8(2)13-9(3)15-6-10(5-11(7)15)12(16)14-19(4,17)18/h8,10H,5-6H2,1-4H3,(H,14,16)/t8-,10+/m0/s1. The Morgan fingerprint density at radius 3 is 2.63 bits per heavy atom. The molecule has 19 heavy (non-hydrogen) atoms. The van der Waals surface area contributed by atoms with Crippen molar-refractivity contribution in [2.45, 2.75) is 33.2 Å². The molecule has 6 nitrogen and oxygen atoms in total. The minimum Gasteiger partial charge on any atom is -0.333 e. The zero-order valence-corrected chi connectivity index (χ0v) is 12.4. The minimum atomic E-state index is -3.50. The monoisotopic (exact) mass is 285 g/mol. The summed E-state index contributed by atoms with van der Waals surface area (Å²) in [5.41, 5.74) is 2.26. The number of nitrogens with zero attached hydrogens (tertiary/aromatic N) is 2. The first kappa shape index (κ1) is 14.0. The highest BCUT2D eigenvalue weighted by Gasteiger charge is 2.37. The molecule has 2 aliphatic heterocycles. The van der Waals surface area contributed by atoms with E-state index in [2.05, 4.69) is 9.71 Å². The van der Waals surface area contributed by atoms with Gasteiger partial charge in [0.05, 0.1) is 18.2 Å². The molecule has 0 aromatic heterocycles. The third kappa shape index (κ3) is 2.80. The molecular weight excluding hydrogens is 266 g/mol.